The maximum atomic E-state index is 12.7. The van der Waals surface area contributed by atoms with Gasteiger partial charge in [0.05, 0.1) is 5.56 Å². The van der Waals surface area contributed by atoms with Crippen molar-refractivity contribution in [3.05, 3.63) is 64.9 Å². The zero-order valence-corrected chi connectivity index (χ0v) is 11.1. The summed E-state index contributed by atoms with van der Waals surface area (Å²) in [7, 11) is -6.00. The molecule has 0 aliphatic heterocycles. The predicted octanol–water partition coefficient (Wildman–Crippen LogP) is 5.19. The Bertz CT molecular complexity index is 634. The van der Waals surface area contributed by atoms with Crippen molar-refractivity contribution >= 4 is 12.9 Å². The predicted molar refractivity (Wildman–Crippen MR) is 72.1 cm³/mol. The first-order valence-electron chi connectivity index (χ1n) is 5.98. The summed E-state index contributed by atoms with van der Waals surface area (Å²) in [5.41, 5.74) is 1.23. The van der Waals surface area contributed by atoms with Crippen LogP contribution >= 0.6 is 0 Å². The van der Waals surface area contributed by atoms with Crippen LogP contribution in [-0.2, 0) is 6.61 Å². The highest BCUT2D eigenvalue weighted by Crippen LogP contribution is 2.21. The average molecular weight is 316 g/mol. The molecule has 116 valence electrons. The fourth-order valence-corrected chi connectivity index (χ4v) is 1.42. The second-order valence-corrected chi connectivity index (χ2v) is 3.97. The van der Waals surface area contributed by atoms with Crippen molar-refractivity contribution < 1.29 is 26.4 Å². The smallest absolute Gasteiger partial charge is 0.489 e. The Kier molecular flexibility index (Phi) is 6.32. The number of rotatable bonds is 3. The molecule has 22 heavy (non-hydrogen) atoms. The van der Waals surface area contributed by atoms with E-state index < -0.39 is 7.25 Å². The minimum Gasteiger partial charge on any atom is -0.489 e. The SMILES string of the molecule is F[B-](F)(F)F.N#[N+]c1ccccc1COc1ccc(F)cc1. The van der Waals surface area contributed by atoms with Gasteiger partial charge in [0.1, 0.15) is 18.2 Å². The molecule has 3 nitrogen and oxygen atoms in total. The largest absolute Gasteiger partial charge is 0.673 e. The van der Waals surface area contributed by atoms with Gasteiger partial charge in [0.2, 0.25) is 5.39 Å². The van der Waals surface area contributed by atoms with E-state index in [0.29, 0.717) is 11.4 Å². The highest BCUT2D eigenvalue weighted by molar-refractivity contribution is 6.50. The van der Waals surface area contributed by atoms with E-state index >= 15 is 0 Å². The number of benzene rings is 2. The molecule has 0 saturated heterocycles. The van der Waals surface area contributed by atoms with E-state index in [-0.39, 0.29) is 12.4 Å². The molecule has 9 heteroatoms. The first kappa shape index (κ1) is 17.4. The summed E-state index contributed by atoms with van der Waals surface area (Å²) in [4.78, 5) is 3.16. The molecule has 0 aliphatic rings. The molecule has 0 amide bonds. The third kappa shape index (κ3) is 7.24. The summed E-state index contributed by atoms with van der Waals surface area (Å²) < 4.78 is 57.1. The Balaban J connectivity index is 0.000000422. The van der Waals surface area contributed by atoms with Crippen molar-refractivity contribution in [2.24, 2.45) is 0 Å². The van der Waals surface area contributed by atoms with Gasteiger partial charge in [0, 0.05) is 6.07 Å². The summed E-state index contributed by atoms with van der Waals surface area (Å²) in [6.45, 7) is 0.270. The van der Waals surface area contributed by atoms with Crippen LogP contribution < -0.4 is 4.74 Å². The van der Waals surface area contributed by atoms with Crippen molar-refractivity contribution in [3.63, 3.8) is 0 Å². The molecule has 0 bridgehead atoms. The summed E-state index contributed by atoms with van der Waals surface area (Å²) in [6, 6.07) is 12.9. The molecule has 0 aromatic heterocycles. The third-order valence-corrected chi connectivity index (χ3v) is 2.31. The van der Waals surface area contributed by atoms with Gasteiger partial charge in [0.15, 0.2) is 4.98 Å². The van der Waals surface area contributed by atoms with Crippen LogP contribution in [0.5, 0.6) is 5.75 Å². The number of hydrogen-bond donors (Lipinski definition) is 0. The van der Waals surface area contributed by atoms with Crippen LogP contribution in [0.4, 0.5) is 27.3 Å². The molecule has 0 fully saturated rings. The van der Waals surface area contributed by atoms with Crippen molar-refractivity contribution in [1.82, 2.24) is 0 Å². The summed E-state index contributed by atoms with van der Waals surface area (Å²) >= 11 is 0. The molecule has 0 heterocycles. The van der Waals surface area contributed by atoms with Crippen LogP contribution in [-0.4, -0.2) is 7.25 Å². The molecule has 0 N–H and O–H groups in total. The van der Waals surface area contributed by atoms with Crippen molar-refractivity contribution in [3.8, 4) is 5.75 Å². The number of halogens is 5. The average Bonchev–Trinajstić information content (AvgIpc) is 2.45. The quantitative estimate of drug-likeness (QED) is 0.444. The first-order chi connectivity index (χ1) is 10.3. The lowest BCUT2D eigenvalue weighted by Gasteiger charge is -2.04. The molecule has 0 saturated carbocycles. The summed E-state index contributed by atoms with van der Waals surface area (Å²) in [5, 5.41) is 8.77. The lowest BCUT2D eigenvalue weighted by atomic mass is 10.2. The standard InChI is InChI=1S/C13H10FN2O.BF4/c14-11-5-7-12(8-6-11)17-9-10-3-1-2-4-13(10)16-15;2-1(3,4)5/h1-8H,9H2;/q+1;-1. The van der Waals surface area contributed by atoms with Gasteiger partial charge in [-0.15, -0.1) is 0 Å². The number of hydrogen-bond acceptors (Lipinski definition) is 2. The molecule has 2 rings (SSSR count). The van der Waals surface area contributed by atoms with E-state index in [1.54, 1.807) is 30.3 Å². The van der Waals surface area contributed by atoms with Gasteiger partial charge in [-0.05, 0) is 30.3 Å². The summed E-state index contributed by atoms with van der Waals surface area (Å²) in [6.07, 6.45) is 0. The summed E-state index contributed by atoms with van der Waals surface area (Å²) in [5.74, 6) is 0.266. The molecule has 0 unspecified atom stereocenters. The topological polar surface area (TPSA) is 37.4 Å². The molecule has 0 atom stereocenters. The Morgan fingerprint density at radius 2 is 1.50 bits per heavy atom. The highest BCUT2D eigenvalue weighted by Gasteiger charge is 2.20. The lowest BCUT2D eigenvalue weighted by molar-refractivity contribution is 0.306. The van der Waals surface area contributed by atoms with Gasteiger partial charge in [-0.2, -0.15) is 0 Å². The van der Waals surface area contributed by atoms with Crippen molar-refractivity contribution in [2.75, 3.05) is 0 Å². The van der Waals surface area contributed by atoms with Gasteiger partial charge in [-0.1, -0.05) is 12.1 Å². The van der Waals surface area contributed by atoms with Crippen LogP contribution in [0.25, 0.3) is 4.98 Å². The van der Waals surface area contributed by atoms with Crippen LogP contribution in [0.3, 0.4) is 0 Å². The zero-order chi connectivity index (χ0) is 16.6. The van der Waals surface area contributed by atoms with Gasteiger partial charge in [-0.25, -0.2) is 4.39 Å². The third-order valence-electron chi connectivity index (χ3n) is 2.31. The van der Waals surface area contributed by atoms with Crippen molar-refractivity contribution in [2.45, 2.75) is 6.61 Å². The van der Waals surface area contributed by atoms with E-state index in [9.17, 15) is 21.7 Å². The van der Waals surface area contributed by atoms with E-state index in [0.717, 1.165) is 5.56 Å². The van der Waals surface area contributed by atoms with Gasteiger partial charge in [0.25, 0.3) is 0 Å². The monoisotopic (exact) mass is 316 g/mol. The van der Waals surface area contributed by atoms with Gasteiger partial charge in [-0.3, -0.25) is 0 Å². The highest BCUT2D eigenvalue weighted by atomic mass is 19.5. The second kappa shape index (κ2) is 7.97. The van der Waals surface area contributed by atoms with E-state index in [1.165, 1.54) is 12.1 Å². The Labute approximate surface area is 123 Å². The van der Waals surface area contributed by atoms with Gasteiger partial charge >= 0.3 is 12.9 Å². The van der Waals surface area contributed by atoms with Crippen LogP contribution in [0.1, 0.15) is 5.56 Å². The lowest BCUT2D eigenvalue weighted by Crippen LogP contribution is -2.02. The Morgan fingerprint density at radius 3 is 2.05 bits per heavy atom. The normalized spacial score (nSPS) is 10.2. The fourth-order valence-electron chi connectivity index (χ4n) is 1.42. The fraction of sp³-hybridized carbons (Fsp3) is 0.0769. The maximum Gasteiger partial charge on any atom is 0.673 e. The van der Waals surface area contributed by atoms with Gasteiger partial charge < -0.3 is 22.0 Å². The first-order valence-corrected chi connectivity index (χ1v) is 5.98. The number of nitrogens with zero attached hydrogens (tertiary/aromatic N) is 2. The molecular formula is C13H10BF5N2O. The van der Waals surface area contributed by atoms with Crippen LogP contribution in [0.2, 0.25) is 0 Å². The minimum atomic E-state index is -6.00. The maximum absolute atomic E-state index is 12.7. The van der Waals surface area contributed by atoms with Crippen LogP contribution in [0.15, 0.2) is 48.5 Å². The molecule has 2 aromatic rings. The van der Waals surface area contributed by atoms with Crippen molar-refractivity contribution in [1.29, 1.82) is 5.39 Å². The van der Waals surface area contributed by atoms with E-state index in [2.05, 4.69) is 4.98 Å². The minimum absolute atomic E-state index is 0.270. The Morgan fingerprint density at radius 1 is 0.955 bits per heavy atom. The molecule has 0 spiro atoms. The zero-order valence-electron chi connectivity index (χ0n) is 11.1. The van der Waals surface area contributed by atoms with E-state index in [1.807, 2.05) is 6.07 Å². The molecule has 2 aromatic carbocycles. The van der Waals surface area contributed by atoms with Crippen LogP contribution in [0, 0.1) is 11.2 Å². The molecule has 0 radical (unpaired) electrons. The second-order valence-electron chi connectivity index (χ2n) is 3.97. The number of ether oxygens (including phenoxy) is 1. The Hall–Kier alpha value is -2.63. The molecule has 0 aliphatic carbocycles. The molecular weight excluding hydrogens is 306 g/mol. The number of diazo groups is 1. The van der Waals surface area contributed by atoms with E-state index in [4.69, 9.17) is 10.1 Å².